The number of hydrazine groups is 1. The average Bonchev–Trinajstić information content (AvgIpc) is 2.82. The SMILES string of the molecule is O=C(NNC(=S)NCc1ccc(F)cc1)c1cc(-c2ccncc2)nc2ccccc12. The lowest BCUT2D eigenvalue weighted by atomic mass is 10.0. The molecule has 2 heterocycles. The quantitative estimate of drug-likeness (QED) is 0.337. The summed E-state index contributed by atoms with van der Waals surface area (Å²) in [6.07, 6.45) is 3.36. The van der Waals surface area contributed by atoms with Crippen molar-refractivity contribution in [3.05, 3.63) is 96.1 Å². The molecule has 4 aromatic rings. The Bertz CT molecular complexity index is 1230. The molecule has 154 valence electrons. The summed E-state index contributed by atoms with van der Waals surface area (Å²) in [7, 11) is 0. The monoisotopic (exact) mass is 431 g/mol. The number of thiocarbonyl (C=S) groups is 1. The molecule has 0 fully saturated rings. The highest BCUT2D eigenvalue weighted by Gasteiger charge is 2.14. The molecule has 1 amide bonds. The number of fused-ring (bicyclic) bond motifs is 1. The van der Waals surface area contributed by atoms with Crippen LogP contribution in [0.25, 0.3) is 22.2 Å². The molecule has 2 aromatic heterocycles. The van der Waals surface area contributed by atoms with Gasteiger partial charge in [0.2, 0.25) is 0 Å². The predicted octanol–water partition coefficient (Wildman–Crippen LogP) is 3.75. The van der Waals surface area contributed by atoms with E-state index in [1.165, 1.54) is 12.1 Å². The van der Waals surface area contributed by atoms with Crippen molar-refractivity contribution in [2.24, 2.45) is 0 Å². The molecule has 0 atom stereocenters. The van der Waals surface area contributed by atoms with Crippen LogP contribution < -0.4 is 16.2 Å². The van der Waals surface area contributed by atoms with Gasteiger partial charge in [-0.05, 0) is 54.2 Å². The molecule has 0 aliphatic carbocycles. The van der Waals surface area contributed by atoms with E-state index in [1.54, 1.807) is 30.6 Å². The van der Waals surface area contributed by atoms with Crippen LogP contribution in [-0.2, 0) is 6.54 Å². The van der Waals surface area contributed by atoms with Gasteiger partial charge in [-0.1, -0.05) is 30.3 Å². The van der Waals surface area contributed by atoms with Crippen molar-refractivity contribution in [3.63, 3.8) is 0 Å². The maximum Gasteiger partial charge on any atom is 0.270 e. The molecular weight excluding hydrogens is 413 g/mol. The van der Waals surface area contributed by atoms with Crippen molar-refractivity contribution < 1.29 is 9.18 Å². The lowest BCUT2D eigenvalue weighted by Gasteiger charge is -2.13. The maximum absolute atomic E-state index is 13.0. The molecule has 3 N–H and O–H groups in total. The number of pyridine rings is 2. The molecule has 0 unspecified atom stereocenters. The summed E-state index contributed by atoms with van der Waals surface area (Å²) in [6, 6.07) is 18.9. The lowest BCUT2D eigenvalue weighted by molar-refractivity contribution is 0.0945. The third-order valence-corrected chi connectivity index (χ3v) is 4.84. The zero-order valence-electron chi connectivity index (χ0n) is 16.3. The van der Waals surface area contributed by atoms with Crippen molar-refractivity contribution in [2.45, 2.75) is 6.54 Å². The Kier molecular flexibility index (Phi) is 6.09. The molecular formula is C23H18FN5OS. The fourth-order valence-electron chi connectivity index (χ4n) is 3.04. The van der Waals surface area contributed by atoms with Crippen molar-refractivity contribution in [3.8, 4) is 11.3 Å². The molecule has 6 nitrogen and oxygen atoms in total. The Morgan fingerprint density at radius 2 is 1.71 bits per heavy atom. The number of aromatic nitrogens is 2. The normalized spacial score (nSPS) is 10.5. The summed E-state index contributed by atoms with van der Waals surface area (Å²) in [6.45, 7) is 0.395. The maximum atomic E-state index is 13.0. The van der Waals surface area contributed by atoms with E-state index in [2.05, 4.69) is 26.1 Å². The van der Waals surface area contributed by atoms with E-state index in [1.807, 2.05) is 36.4 Å². The van der Waals surface area contributed by atoms with Gasteiger partial charge in [0.05, 0.1) is 16.8 Å². The van der Waals surface area contributed by atoms with Gasteiger partial charge in [-0.25, -0.2) is 9.37 Å². The lowest BCUT2D eigenvalue weighted by Crippen LogP contribution is -2.46. The molecule has 0 aliphatic rings. The predicted molar refractivity (Wildman–Crippen MR) is 121 cm³/mol. The van der Waals surface area contributed by atoms with E-state index in [9.17, 15) is 9.18 Å². The molecule has 8 heteroatoms. The Hall–Kier alpha value is -3.91. The van der Waals surface area contributed by atoms with Crippen LogP contribution in [0, 0.1) is 5.82 Å². The van der Waals surface area contributed by atoms with Crippen molar-refractivity contribution >= 4 is 34.1 Å². The summed E-state index contributed by atoms with van der Waals surface area (Å²) < 4.78 is 13.0. The van der Waals surface area contributed by atoms with E-state index < -0.39 is 0 Å². The van der Waals surface area contributed by atoms with E-state index in [0.717, 1.165) is 16.5 Å². The number of amides is 1. The molecule has 0 spiro atoms. The highest BCUT2D eigenvalue weighted by Crippen LogP contribution is 2.24. The van der Waals surface area contributed by atoms with E-state index in [0.29, 0.717) is 23.3 Å². The Balaban J connectivity index is 1.48. The summed E-state index contributed by atoms with van der Waals surface area (Å²) in [4.78, 5) is 21.6. The number of para-hydroxylation sites is 1. The highest BCUT2D eigenvalue weighted by molar-refractivity contribution is 7.80. The van der Waals surface area contributed by atoms with Crippen LogP contribution in [0.4, 0.5) is 4.39 Å². The van der Waals surface area contributed by atoms with Crippen LogP contribution in [-0.4, -0.2) is 21.0 Å². The van der Waals surface area contributed by atoms with Crippen LogP contribution in [0.15, 0.2) is 79.1 Å². The summed E-state index contributed by atoms with van der Waals surface area (Å²) >= 11 is 5.22. The number of nitrogens with one attached hydrogen (secondary N) is 3. The minimum Gasteiger partial charge on any atom is -0.357 e. The van der Waals surface area contributed by atoms with Crippen LogP contribution in [0.3, 0.4) is 0 Å². The number of carbonyl (C=O) groups is 1. The van der Waals surface area contributed by atoms with Gasteiger partial charge in [0.15, 0.2) is 5.11 Å². The standard InChI is InChI=1S/C23H18FN5OS/c24-17-7-5-15(6-8-17)14-26-23(31)29-28-22(30)19-13-21(16-9-11-25-12-10-16)27-20-4-2-1-3-18(19)20/h1-13H,14H2,(H,28,30)(H2,26,29,31). The first-order chi connectivity index (χ1) is 15.1. The molecule has 4 rings (SSSR count). The van der Waals surface area contributed by atoms with Gasteiger partial charge < -0.3 is 5.32 Å². The van der Waals surface area contributed by atoms with Crippen molar-refractivity contribution in [1.82, 2.24) is 26.1 Å². The molecule has 0 saturated heterocycles. The fraction of sp³-hybridized carbons (Fsp3) is 0.0435. The summed E-state index contributed by atoms with van der Waals surface area (Å²) in [5.74, 6) is -0.646. The number of nitrogens with zero attached hydrogens (tertiary/aromatic N) is 2. The zero-order chi connectivity index (χ0) is 21.6. The topological polar surface area (TPSA) is 78.9 Å². The minimum atomic E-state index is -0.347. The zero-order valence-corrected chi connectivity index (χ0v) is 17.1. The van der Waals surface area contributed by atoms with Gasteiger partial charge in [0.1, 0.15) is 5.82 Å². The largest absolute Gasteiger partial charge is 0.357 e. The van der Waals surface area contributed by atoms with Crippen LogP contribution in [0.1, 0.15) is 15.9 Å². The van der Waals surface area contributed by atoms with Gasteiger partial charge >= 0.3 is 0 Å². The van der Waals surface area contributed by atoms with Crippen molar-refractivity contribution in [1.29, 1.82) is 0 Å². The van der Waals surface area contributed by atoms with E-state index >= 15 is 0 Å². The molecule has 0 bridgehead atoms. The fourth-order valence-corrected chi connectivity index (χ4v) is 3.17. The van der Waals surface area contributed by atoms with Crippen LogP contribution in [0.5, 0.6) is 0 Å². The highest BCUT2D eigenvalue weighted by atomic mass is 32.1. The van der Waals surface area contributed by atoms with Gasteiger partial charge in [0.25, 0.3) is 5.91 Å². The first kappa shape index (κ1) is 20.4. The van der Waals surface area contributed by atoms with Gasteiger partial charge in [-0.15, -0.1) is 0 Å². The molecule has 2 aromatic carbocycles. The van der Waals surface area contributed by atoms with Gasteiger partial charge in [-0.3, -0.25) is 20.6 Å². The van der Waals surface area contributed by atoms with E-state index in [4.69, 9.17) is 12.2 Å². The minimum absolute atomic E-state index is 0.241. The number of halogens is 1. The third-order valence-electron chi connectivity index (χ3n) is 4.59. The second-order valence-electron chi connectivity index (χ2n) is 6.70. The summed E-state index contributed by atoms with van der Waals surface area (Å²) in [5, 5.41) is 3.93. The molecule has 31 heavy (non-hydrogen) atoms. The number of hydrogen-bond acceptors (Lipinski definition) is 4. The second kappa shape index (κ2) is 9.27. The molecule has 0 aliphatic heterocycles. The number of carbonyl (C=O) groups excluding carboxylic acids is 1. The second-order valence-corrected chi connectivity index (χ2v) is 7.10. The first-order valence-corrected chi connectivity index (χ1v) is 9.90. The smallest absolute Gasteiger partial charge is 0.270 e. The van der Waals surface area contributed by atoms with E-state index in [-0.39, 0.29) is 16.8 Å². The first-order valence-electron chi connectivity index (χ1n) is 9.49. The van der Waals surface area contributed by atoms with Gasteiger partial charge in [-0.2, -0.15) is 0 Å². The Morgan fingerprint density at radius 3 is 2.48 bits per heavy atom. The van der Waals surface area contributed by atoms with Crippen LogP contribution >= 0.6 is 12.2 Å². The molecule has 0 saturated carbocycles. The average molecular weight is 431 g/mol. The van der Waals surface area contributed by atoms with Gasteiger partial charge in [0, 0.05) is 29.9 Å². The van der Waals surface area contributed by atoms with Crippen LogP contribution in [0.2, 0.25) is 0 Å². The number of hydrogen-bond donors (Lipinski definition) is 3. The summed E-state index contributed by atoms with van der Waals surface area (Å²) in [5.41, 5.74) is 8.89. The Labute approximate surface area is 183 Å². The number of benzene rings is 2. The molecule has 0 radical (unpaired) electrons. The number of rotatable bonds is 4. The third kappa shape index (κ3) is 4.99. The Morgan fingerprint density at radius 1 is 0.968 bits per heavy atom. The van der Waals surface area contributed by atoms with Crippen molar-refractivity contribution in [2.75, 3.05) is 0 Å².